The van der Waals surface area contributed by atoms with Crippen molar-refractivity contribution in [1.82, 2.24) is 14.8 Å². The average Bonchev–Trinajstić information content (AvgIpc) is 3.49. The molecule has 3 heterocycles. The van der Waals surface area contributed by atoms with E-state index in [9.17, 15) is 19.5 Å². The number of aliphatic hydroxyl groups excluding tert-OH is 1. The highest BCUT2D eigenvalue weighted by atomic mass is 16.7. The van der Waals surface area contributed by atoms with Crippen LogP contribution in [0.3, 0.4) is 0 Å². The van der Waals surface area contributed by atoms with Gasteiger partial charge in [-0.1, -0.05) is 6.92 Å². The topological polar surface area (TPSA) is 143 Å². The fourth-order valence-corrected chi connectivity index (χ4v) is 4.98. The molecule has 2 aromatic carbocycles. The van der Waals surface area contributed by atoms with Crippen LogP contribution >= 0.6 is 0 Å². The normalized spacial score (nSPS) is 18.3. The van der Waals surface area contributed by atoms with Crippen molar-refractivity contribution in [3.63, 3.8) is 0 Å². The van der Waals surface area contributed by atoms with Crippen LogP contribution < -0.4 is 24.8 Å². The first-order valence-corrected chi connectivity index (χ1v) is 14.0. The van der Waals surface area contributed by atoms with Gasteiger partial charge in [0.05, 0.1) is 25.6 Å². The highest BCUT2D eigenvalue weighted by Gasteiger charge is 2.32. The highest BCUT2D eigenvalue weighted by Crippen LogP contribution is 2.34. The van der Waals surface area contributed by atoms with Gasteiger partial charge in [-0.25, -0.2) is 4.79 Å². The first-order valence-electron chi connectivity index (χ1n) is 14.0. The number of carbonyl (C=O) groups excluding carboxylic acids is 3. The molecule has 0 unspecified atom stereocenters. The Morgan fingerprint density at radius 2 is 1.74 bits per heavy atom. The molecule has 0 saturated heterocycles. The van der Waals surface area contributed by atoms with Gasteiger partial charge in [0, 0.05) is 60.5 Å². The number of anilines is 2. The third kappa shape index (κ3) is 6.97. The van der Waals surface area contributed by atoms with Crippen molar-refractivity contribution in [2.24, 2.45) is 5.92 Å². The van der Waals surface area contributed by atoms with E-state index in [4.69, 9.17) is 14.2 Å². The van der Waals surface area contributed by atoms with Gasteiger partial charge in [0.15, 0.2) is 11.5 Å². The highest BCUT2D eigenvalue weighted by molar-refractivity contribution is 6.04. The molecule has 3 atom stereocenters. The molecule has 0 saturated carbocycles. The lowest BCUT2D eigenvalue weighted by atomic mass is 10.0. The monoisotopic (exact) mass is 589 g/mol. The Labute approximate surface area is 249 Å². The molecule has 3 N–H and O–H groups in total. The minimum Gasteiger partial charge on any atom is -0.488 e. The van der Waals surface area contributed by atoms with E-state index in [0.29, 0.717) is 46.3 Å². The number of rotatable bonds is 7. The maximum Gasteiger partial charge on any atom is 0.321 e. The Kier molecular flexibility index (Phi) is 8.96. The van der Waals surface area contributed by atoms with E-state index in [1.54, 1.807) is 67.4 Å². The van der Waals surface area contributed by atoms with Gasteiger partial charge in [0.2, 0.25) is 12.7 Å². The van der Waals surface area contributed by atoms with Crippen LogP contribution in [-0.2, 0) is 11.2 Å². The van der Waals surface area contributed by atoms with Crippen molar-refractivity contribution in [2.45, 2.75) is 32.4 Å². The number of aromatic nitrogens is 1. The van der Waals surface area contributed by atoms with Gasteiger partial charge in [-0.2, -0.15) is 0 Å². The number of hydrogen-bond donors (Lipinski definition) is 3. The standard InChI is InChI=1S/C31H35N5O7/c1-19-15-36(20(2)17-37)29(38)13-22-12-23(33-30(39)21-8-10-32-11-9-21)4-6-25(22)43-28(19)16-35(3)31(40)34-24-5-7-26-27(14-24)42-18-41-26/h4-12,14,19-20,28,37H,13,15-18H2,1-3H3,(H,33,39)(H,34,40)/t19-,20-,28+/m0/s1. The van der Waals surface area contributed by atoms with Gasteiger partial charge < -0.3 is 39.8 Å². The zero-order valence-electron chi connectivity index (χ0n) is 24.3. The fraction of sp³-hybridized carbons (Fsp3) is 0.355. The number of urea groups is 1. The van der Waals surface area contributed by atoms with Crippen LogP contribution in [0.4, 0.5) is 16.2 Å². The molecule has 226 valence electrons. The van der Waals surface area contributed by atoms with Crippen molar-refractivity contribution in [3.05, 3.63) is 72.1 Å². The van der Waals surface area contributed by atoms with Crippen molar-refractivity contribution in [2.75, 3.05) is 44.2 Å². The number of carbonyl (C=O) groups is 3. The van der Waals surface area contributed by atoms with E-state index >= 15 is 0 Å². The van der Waals surface area contributed by atoms with Gasteiger partial charge in [-0.05, 0) is 49.4 Å². The summed E-state index contributed by atoms with van der Waals surface area (Å²) in [7, 11) is 1.67. The fourth-order valence-electron chi connectivity index (χ4n) is 4.98. The molecule has 0 spiro atoms. The van der Waals surface area contributed by atoms with E-state index in [2.05, 4.69) is 15.6 Å². The summed E-state index contributed by atoms with van der Waals surface area (Å²) in [4.78, 5) is 46.5. The van der Waals surface area contributed by atoms with Crippen LogP contribution in [-0.4, -0.2) is 83.4 Å². The first-order chi connectivity index (χ1) is 20.7. The number of amides is 4. The van der Waals surface area contributed by atoms with Gasteiger partial charge in [0.25, 0.3) is 5.91 Å². The molecule has 0 bridgehead atoms. The molecular weight excluding hydrogens is 554 g/mol. The Hall–Kier alpha value is -4.84. The van der Waals surface area contributed by atoms with Gasteiger partial charge >= 0.3 is 6.03 Å². The molecule has 3 aromatic rings. The number of nitrogens with zero attached hydrogens (tertiary/aromatic N) is 3. The third-order valence-electron chi connectivity index (χ3n) is 7.54. The lowest BCUT2D eigenvalue weighted by molar-refractivity contribution is -0.134. The second-order valence-electron chi connectivity index (χ2n) is 10.8. The van der Waals surface area contributed by atoms with E-state index in [1.165, 1.54) is 17.3 Å². The van der Waals surface area contributed by atoms with Crippen LogP contribution in [0.1, 0.15) is 29.8 Å². The average molecular weight is 590 g/mol. The van der Waals surface area contributed by atoms with Crippen LogP contribution in [0.5, 0.6) is 17.2 Å². The molecule has 1 aromatic heterocycles. The Morgan fingerprint density at radius 1 is 1.05 bits per heavy atom. The minimum atomic E-state index is -0.497. The number of likely N-dealkylation sites (N-methyl/N-ethyl adjacent to an activating group) is 1. The van der Waals surface area contributed by atoms with Crippen LogP contribution in [0.25, 0.3) is 0 Å². The van der Waals surface area contributed by atoms with E-state index in [-0.39, 0.29) is 50.1 Å². The molecule has 12 heteroatoms. The molecule has 0 radical (unpaired) electrons. The summed E-state index contributed by atoms with van der Waals surface area (Å²) in [6.45, 7) is 4.22. The lowest BCUT2D eigenvalue weighted by Gasteiger charge is -2.34. The minimum absolute atomic E-state index is 0.0124. The number of nitrogens with one attached hydrogen (secondary N) is 2. The maximum atomic E-state index is 13.5. The van der Waals surface area contributed by atoms with E-state index < -0.39 is 12.1 Å². The van der Waals surface area contributed by atoms with Crippen LogP contribution in [0.2, 0.25) is 0 Å². The van der Waals surface area contributed by atoms with Gasteiger partial charge in [0.1, 0.15) is 11.9 Å². The summed E-state index contributed by atoms with van der Waals surface area (Å²) in [5, 5.41) is 15.6. The quantitative estimate of drug-likeness (QED) is 0.381. The smallest absolute Gasteiger partial charge is 0.321 e. The van der Waals surface area contributed by atoms with Gasteiger partial charge in [-0.3, -0.25) is 14.6 Å². The van der Waals surface area contributed by atoms with Crippen molar-refractivity contribution >= 4 is 29.2 Å². The summed E-state index contributed by atoms with van der Waals surface area (Å²) < 4.78 is 17.2. The molecule has 5 rings (SSSR count). The molecule has 12 nitrogen and oxygen atoms in total. The summed E-state index contributed by atoms with van der Waals surface area (Å²) in [5.41, 5.74) is 2.09. The molecule has 0 aliphatic carbocycles. The molecule has 0 fully saturated rings. The lowest BCUT2D eigenvalue weighted by Crippen LogP contribution is -2.48. The summed E-state index contributed by atoms with van der Waals surface area (Å²) in [5.74, 6) is 0.977. The van der Waals surface area contributed by atoms with Crippen molar-refractivity contribution < 1.29 is 33.7 Å². The predicted molar refractivity (Wildman–Crippen MR) is 158 cm³/mol. The molecule has 4 amide bonds. The third-order valence-corrected chi connectivity index (χ3v) is 7.54. The van der Waals surface area contributed by atoms with Crippen LogP contribution in [0.15, 0.2) is 60.9 Å². The summed E-state index contributed by atoms with van der Waals surface area (Å²) >= 11 is 0. The number of aliphatic hydroxyl groups is 1. The number of hydrogen-bond acceptors (Lipinski definition) is 8. The predicted octanol–water partition coefficient (Wildman–Crippen LogP) is 3.38. The summed E-state index contributed by atoms with van der Waals surface area (Å²) in [6.07, 6.45) is 2.59. The molecule has 2 aliphatic rings. The van der Waals surface area contributed by atoms with Crippen LogP contribution in [0, 0.1) is 5.92 Å². The second kappa shape index (κ2) is 13.0. The summed E-state index contributed by atoms with van der Waals surface area (Å²) in [6, 6.07) is 12.8. The molecule has 2 aliphatic heterocycles. The molecular formula is C31H35N5O7. The largest absolute Gasteiger partial charge is 0.488 e. The second-order valence-corrected chi connectivity index (χ2v) is 10.8. The van der Waals surface area contributed by atoms with Gasteiger partial charge in [-0.15, -0.1) is 0 Å². The number of fused-ring (bicyclic) bond motifs is 2. The number of benzene rings is 2. The first kappa shape index (κ1) is 29.6. The van der Waals surface area contributed by atoms with E-state index in [0.717, 1.165) is 0 Å². The Bertz CT molecular complexity index is 1480. The SMILES string of the molecule is C[C@H]1CN([C@@H](C)CO)C(=O)Cc2cc(NC(=O)c3ccncc3)ccc2O[C@@H]1CN(C)C(=O)Nc1ccc2c(c1)OCO2. The van der Waals surface area contributed by atoms with Crippen molar-refractivity contribution in [1.29, 1.82) is 0 Å². The maximum absolute atomic E-state index is 13.5. The zero-order chi connectivity index (χ0) is 30.5. The van der Waals surface area contributed by atoms with Crippen molar-refractivity contribution in [3.8, 4) is 17.2 Å². The number of pyridine rings is 1. The number of ether oxygens (including phenoxy) is 3. The zero-order valence-corrected chi connectivity index (χ0v) is 24.3. The molecule has 43 heavy (non-hydrogen) atoms. The Balaban J connectivity index is 1.36. The van der Waals surface area contributed by atoms with E-state index in [1.807, 2.05) is 6.92 Å². The Morgan fingerprint density at radius 3 is 2.49 bits per heavy atom.